The van der Waals surface area contributed by atoms with Crippen LogP contribution in [0, 0.1) is 0 Å². The molecule has 2 aromatic rings. The van der Waals surface area contributed by atoms with E-state index in [4.69, 9.17) is 4.42 Å². The van der Waals surface area contributed by atoms with Crippen LogP contribution in [0.5, 0.6) is 0 Å². The monoisotopic (exact) mass is 575 g/mol. The summed E-state index contributed by atoms with van der Waals surface area (Å²) in [6.07, 6.45) is 2.88. The Hall–Kier alpha value is -1.29. The second-order valence-corrected chi connectivity index (χ2v) is 9.03. The van der Waals surface area contributed by atoms with Gasteiger partial charge < -0.3 is 20.0 Å². The molecule has 1 aromatic carbocycles. The minimum absolute atomic E-state index is 0. The van der Waals surface area contributed by atoms with E-state index in [-0.39, 0.29) is 29.4 Å². The molecule has 2 N–H and O–H groups in total. The topological polar surface area (TPSA) is 65.7 Å². The summed E-state index contributed by atoms with van der Waals surface area (Å²) in [7, 11) is 0. The van der Waals surface area contributed by atoms with Crippen LogP contribution in [0.3, 0.4) is 0 Å². The highest BCUT2D eigenvalue weighted by atomic mass is 127. The number of guanidine groups is 1. The van der Waals surface area contributed by atoms with E-state index in [0.717, 1.165) is 42.2 Å². The number of rotatable bonds is 5. The number of nitrogens with one attached hydrogen (secondary N) is 2. The van der Waals surface area contributed by atoms with Gasteiger partial charge in [-0.2, -0.15) is 0 Å². The SMILES string of the molecule is CCNC(=NCc1ncc(C(C)(C)C)o1)NC1CCN(c2ccc(Br)cc2)C1.I. The second-order valence-electron chi connectivity index (χ2n) is 8.12. The van der Waals surface area contributed by atoms with Crippen LogP contribution in [-0.4, -0.2) is 36.6 Å². The Morgan fingerprint density at radius 1 is 1.31 bits per heavy atom. The summed E-state index contributed by atoms with van der Waals surface area (Å²) in [4.78, 5) is 11.4. The van der Waals surface area contributed by atoms with Crippen LogP contribution in [0.15, 0.2) is 44.3 Å². The van der Waals surface area contributed by atoms with Gasteiger partial charge in [0.1, 0.15) is 12.3 Å². The summed E-state index contributed by atoms with van der Waals surface area (Å²) in [5.41, 5.74) is 1.21. The van der Waals surface area contributed by atoms with E-state index < -0.39 is 0 Å². The Labute approximate surface area is 199 Å². The van der Waals surface area contributed by atoms with Crippen molar-refractivity contribution in [3.05, 3.63) is 46.6 Å². The van der Waals surface area contributed by atoms with Crippen LogP contribution in [0.1, 0.15) is 45.8 Å². The zero-order valence-electron chi connectivity index (χ0n) is 17.5. The first kappa shape index (κ1) is 24.0. The van der Waals surface area contributed by atoms with E-state index in [0.29, 0.717) is 18.5 Å². The van der Waals surface area contributed by atoms with Crippen molar-refractivity contribution in [2.45, 2.75) is 52.1 Å². The highest BCUT2D eigenvalue weighted by molar-refractivity contribution is 14.0. The molecule has 0 bridgehead atoms. The molecule has 0 aliphatic carbocycles. The molecule has 8 heteroatoms. The van der Waals surface area contributed by atoms with E-state index in [9.17, 15) is 0 Å². The number of oxazole rings is 1. The average Bonchev–Trinajstić information content (AvgIpc) is 3.30. The first-order chi connectivity index (χ1) is 13.3. The number of hydrogen-bond acceptors (Lipinski definition) is 4. The first-order valence-electron chi connectivity index (χ1n) is 9.85. The molecule has 1 aliphatic rings. The van der Waals surface area contributed by atoms with Crippen molar-refractivity contribution in [2.24, 2.45) is 4.99 Å². The third-order valence-electron chi connectivity index (χ3n) is 4.73. The normalized spacial score (nSPS) is 17.2. The summed E-state index contributed by atoms with van der Waals surface area (Å²) < 4.78 is 6.95. The van der Waals surface area contributed by atoms with Crippen molar-refractivity contribution in [1.29, 1.82) is 0 Å². The number of hydrogen-bond donors (Lipinski definition) is 2. The number of benzene rings is 1. The number of nitrogens with zero attached hydrogens (tertiary/aromatic N) is 3. The maximum absolute atomic E-state index is 5.85. The van der Waals surface area contributed by atoms with Crippen LogP contribution >= 0.6 is 39.9 Å². The van der Waals surface area contributed by atoms with E-state index in [2.05, 4.69) is 93.4 Å². The third-order valence-corrected chi connectivity index (χ3v) is 5.26. The molecule has 0 amide bonds. The van der Waals surface area contributed by atoms with Crippen molar-refractivity contribution in [2.75, 3.05) is 24.5 Å². The quantitative estimate of drug-likeness (QED) is 0.308. The summed E-state index contributed by atoms with van der Waals surface area (Å²) in [5, 5.41) is 6.88. The molecular weight excluding hydrogens is 545 g/mol. The third kappa shape index (κ3) is 6.87. The highest BCUT2D eigenvalue weighted by Gasteiger charge is 2.23. The number of aliphatic imine (C=N–C) groups is 1. The van der Waals surface area contributed by atoms with Gasteiger partial charge in [0.05, 0.1) is 6.20 Å². The van der Waals surface area contributed by atoms with Crippen LogP contribution in [-0.2, 0) is 12.0 Å². The molecule has 0 spiro atoms. The van der Waals surface area contributed by atoms with E-state index in [1.807, 2.05) is 0 Å². The summed E-state index contributed by atoms with van der Waals surface area (Å²) in [6.45, 7) is 11.6. The van der Waals surface area contributed by atoms with E-state index >= 15 is 0 Å². The van der Waals surface area contributed by atoms with Crippen molar-refractivity contribution < 1.29 is 4.42 Å². The molecule has 1 aliphatic heterocycles. The molecule has 0 radical (unpaired) electrons. The second kappa shape index (κ2) is 10.7. The Kier molecular flexibility index (Phi) is 8.81. The molecule has 1 unspecified atom stereocenters. The van der Waals surface area contributed by atoms with Gasteiger partial charge in [0.25, 0.3) is 0 Å². The minimum Gasteiger partial charge on any atom is -0.443 e. The van der Waals surface area contributed by atoms with E-state index in [1.54, 1.807) is 6.20 Å². The summed E-state index contributed by atoms with van der Waals surface area (Å²) in [5.74, 6) is 2.34. The van der Waals surface area contributed by atoms with Crippen molar-refractivity contribution in [3.8, 4) is 0 Å². The van der Waals surface area contributed by atoms with Crippen molar-refractivity contribution >= 4 is 51.6 Å². The standard InChI is InChI=1S/C21H30BrN5O.HI/c1-5-23-20(25-13-19-24-12-18(28-19)21(2,3)4)26-16-10-11-27(14-16)17-8-6-15(22)7-9-17;/h6-9,12,16H,5,10-11,13-14H2,1-4H3,(H2,23,25,26);1H. The van der Waals surface area contributed by atoms with Gasteiger partial charge in [-0.3, -0.25) is 0 Å². The number of aromatic nitrogens is 1. The van der Waals surface area contributed by atoms with Gasteiger partial charge in [0.2, 0.25) is 5.89 Å². The zero-order chi connectivity index (χ0) is 20.1. The number of halogens is 2. The zero-order valence-corrected chi connectivity index (χ0v) is 21.5. The largest absolute Gasteiger partial charge is 0.443 e. The van der Waals surface area contributed by atoms with Crippen LogP contribution in [0.25, 0.3) is 0 Å². The maximum atomic E-state index is 5.85. The molecule has 2 heterocycles. The predicted molar refractivity (Wildman–Crippen MR) is 133 cm³/mol. The van der Waals surface area contributed by atoms with Crippen LogP contribution < -0.4 is 15.5 Å². The summed E-state index contributed by atoms with van der Waals surface area (Å²) >= 11 is 3.50. The molecule has 3 rings (SSSR count). The lowest BCUT2D eigenvalue weighted by atomic mass is 9.94. The molecule has 29 heavy (non-hydrogen) atoms. The fourth-order valence-corrected chi connectivity index (χ4v) is 3.42. The molecule has 160 valence electrons. The Morgan fingerprint density at radius 2 is 2.03 bits per heavy atom. The van der Waals surface area contributed by atoms with Crippen molar-refractivity contribution in [1.82, 2.24) is 15.6 Å². The number of anilines is 1. The van der Waals surface area contributed by atoms with Gasteiger partial charge >= 0.3 is 0 Å². The average molecular weight is 576 g/mol. The van der Waals surface area contributed by atoms with Gasteiger partial charge in [-0.15, -0.1) is 24.0 Å². The van der Waals surface area contributed by atoms with Gasteiger partial charge in [-0.05, 0) is 37.6 Å². The Balaban J connectivity index is 0.00000300. The van der Waals surface area contributed by atoms with Gasteiger partial charge in [0.15, 0.2) is 5.96 Å². The smallest absolute Gasteiger partial charge is 0.216 e. The van der Waals surface area contributed by atoms with Crippen LogP contribution in [0.2, 0.25) is 0 Å². The summed E-state index contributed by atoms with van der Waals surface area (Å²) in [6, 6.07) is 8.84. The van der Waals surface area contributed by atoms with Crippen molar-refractivity contribution in [3.63, 3.8) is 0 Å². The molecule has 1 fully saturated rings. The molecule has 1 saturated heterocycles. The highest BCUT2D eigenvalue weighted by Crippen LogP contribution is 2.23. The molecular formula is C21H31BrIN5O. The maximum Gasteiger partial charge on any atom is 0.216 e. The van der Waals surface area contributed by atoms with E-state index in [1.165, 1.54) is 5.69 Å². The fourth-order valence-electron chi connectivity index (χ4n) is 3.15. The van der Waals surface area contributed by atoms with Gasteiger partial charge in [-0.25, -0.2) is 9.98 Å². The lowest BCUT2D eigenvalue weighted by Crippen LogP contribution is -2.44. The predicted octanol–water partition coefficient (Wildman–Crippen LogP) is 4.69. The molecule has 1 aromatic heterocycles. The Bertz CT molecular complexity index is 800. The fraction of sp³-hybridized carbons (Fsp3) is 0.524. The van der Waals surface area contributed by atoms with Gasteiger partial charge in [0, 0.05) is 41.3 Å². The minimum atomic E-state index is -0.0436. The molecule has 6 nitrogen and oxygen atoms in total. The van der Waals surface area contributed by atoms with Gasteiger partial charge in [-0.1, -0.05) is 36.7 Å². The lowest BCUT2D eigenvalue weighted by molar-refractivity contribution is 0.383. The first-order valence-corrected chi connectivity index (χ1v) is 10.6. The molecule has 0 saturated carbocycles. The van der Waals surface area contributed by atoms with Crippen LogP contribution in [0.4, 0.5) is 5.69 Å². The molecule has 1 atom stereocenters. The lowest BCUT2D eigenvalue weighted by Gasteiger charge is -2.20. The Morgan fingerprint density at radius 3 is 2.66 bits per heavy atom.